The van der Waals surface area contributed by atoms with Crippen LogP contribution in [0.1, 0.15) is 12.0 Å². The number of anilines is 1. The highest BCUT2D eigenvalue weighted by atomic mass is 19.4. The van der Waals surface area contributed by atoms with Crippen molar-refractivity contribution in [3.8, 4) is 29.0 Å². The molecular weight excluding hydrogens is 595 g/mol. The molecule has 3 heterocycles. The van der Waals surface area contributed by atoms with E-state index in [1.54, 1.807) is 4.57 Å². The van der Waals surface area contributed by atoms with E-state index >= 15 is 0 Å². The molecule has 1 aromatic heterocycles. The van der Waals surface area contributed by atoms with Crippen molar-refractivity contribution >= 4 is 11.5 Å². The third kappa shape index (κ3) is 7.95. The lowest BCUT2D eigenvalue weighted by Crippen LogP contribution is -2.45. The number of rotatable bonds is 10. The fraction of sp³-hybridized carbons (Fsp3) is 0.323. The van der Waals surface area contributed by atoms with Crippen LogP contribution in [0.5, 0.6) is 29.0 Å². The molecule has 45 heavy (non-hydrogen) atoms. The maximum absolute atomic E-state index is 12.4. The Labute approximate surface area is 256 Å². The Morgan fingerprint density at radius 2 is 1.49 bits per heavy atom. The van der Waals surface area contributed by atoms with Gasteiger partial charge in [0.1, 0.15) is 41.9 Å². The fourth-order valence-corrected chi connectivity index (χ4v) is 5.21. The largest absolute Gasteiger partial charge is 0.573 e. The number of hydrogen-bond donors (Lipinski definition) is 0. The van der Waals surface area contributed by atoms with Crippen molar-refractivity contribution in [2.45, 2.75) is 32.0 Å². The molecule has 0 bridgehead atoms. The van der Waals surface area contributed by atoms with Gasteiger partial charge in [0.15, 0.2) is 0 Å². The first-order valence-corrected chi connectivity index (χ1v) is 14.4. The topological polar surface area (TPSA) is 104 Å². The molecule has 4 aromatic rings. The van der Waals surface area contributed by atoms with E-state index in [2.05, 4.69) is 31.7 Å². The van der Waals surface area contributed by atoms with Crippen LogP contribution in [0.3, 0.4) is 0 Å². The van der Waals surface area contributed by atoms with Crippen LogP contribution >= 0.6 is 0 Å². The summed E-state index contributed by atoms with van der Waals surface area (Å²) in [4.78, 5) is 19.0. The van der Waals surface area contributed by atoms with Crippen molar-refractivity contribution in [2.24, 2.45) is 0 Å². The van der Waals surface area contributed by atoms with Gasteiger partial charge < -0.3 is 34.0 Å². The van der Waals surface area contributed by atoms with Crippen LogP contribution in [0.25, 0.3) is 0 Å². The predicted octanol–water partition coefficient (Wildman–Crippen LogP) is 6.03. The number of ether oxygens (including phenoxy) is 4. The van der Waals surface area contributed by atoms with Crippen molar-refractivity contribution in [3.05, 3.63) is 94.7 Å². The zero-order valence-corrected chi connectivity index (χ0v) is 24.1. The number of nitrogens with zero attached hydrogens (tertiary/aromatic N) is 5. The Bertz CT molecular complexity index is 1590. The molecule has 1 fully saturated rings. The number of hydrogen-bond acceptors (Lipinski definition) is 9. The molecule has 1 unspecified atom stereocenters. The molecule has 0 N–H and O–H groups in total. The molecule has 1 atom stereocenters. The average molecular weight is 626 g/mol. The SMILES string of the molecule is O=[N+]([O-])c1cn2c(n1)OC(COc1ccc(CN3CCN(c4ccc(Oc5ccc(OC(F)(F)F)cc5)cc4)CC3)cc1)CC2. The van der Waals surface area contributed by atoms with Gasteiger partial charge in [-0.15, -0.1) is 13.2 Å². The van der Waals surface area contributed by atoms with Gasteiger partial charge in [0.2, 0.25) is 0 Å². The van der Waals surface area contributed by atoms with Crippen molar-refractivity contribution in [2.75, 3.05) is 37.7 Å². The number of imidazole rings is 1. The average Bonchev–Trinajstić information content (AvgIpc) is 3.46. The summed E-state index contributed by atoms with van der Waals surface area (Å²) in [5.41, 5.74) is 2.25. The summed E-state index contributed by atoms with van der Waals surface area (Å²) in [6, 6.07) is 21.1. The normalized spacial score (nSPS) is 16.9. The second kappa shape index (κ2) is 12.9. The summed E-state index contributed by atoms with van der Waals surface area (Å²) in [5, 5.41) is 10.9. The highest BCUT2D eigenvalue weighted by Gasteiger charge is 2.31. The van der Waals surface area contributed by atoms with Crippen molar-refractivity contribution in [1.29, 1.82) is 0 Å². The molecule has 1 saturated heterocycles. The summed E-state index contributed by atoms with van der Waals surface area (Å²) in [5.74, 6) is 1.20. The number of aromatic nitrogens is 2. The monoisotopic (exact) mass is 625 g/mol. The molecule has 0 radical (unpaired) electrons. The molecule has 2 aliphatic rings. The van der Waals surface area contributed by atoms with E-state index in [0.717, 1.165) is 44.2 Å². The van der Waals surface area contributed by atoms with E-state index in [1.165, 1.54) is 36.0 Å². The quantitative estimate of drug-likeness (QED) is 0.154. The lowest BCUT2D eigenvalue weighted by molar-refractivity contribution is -0.389. The van der Waals surface area contributed by atoms with E-state index in [1.807, 2.05) is 36.4 Å². The number of alkyl halides is 3. The first kappa shape index (κ1) is 30.1. The molecule has 6 rings (SSSR count). The summed E-state index contributed by atoms with van der Waals surface area (Å²) < 4.78 is 60.0. The first-order chi connectivity index (χ1) is 21.7. The van der Waals surface area contributed by atoms with E-state index in [4.69, 9.17) is 14.2 Å². The number of nitro groups is 1. The molecular formula is C31H30F3N5O6. The minimum Gasteiger partial charge on any atom is -0.490 e. The number of halogens is 3. The molecule has 0 aliphatic carbocycles. The molecule has 236 valence electrons. The third-order valence-corrected chi connectivity index (χ3v) is 7.51. The Hall–Kier alpha value is -4.98. The third-order valence-electron chi connectivity index (χ3n) is 7.51. The number of fused-ring (bicyclic) bond motifs is 1. The van der Waals surface area contributed by atoms with Crippen LogP contribution in [0.2, 0.25) is 0 Å². The van der Waals surface area contributed by atoms with Gasteiger partial charge in [0.25, 0.3) is 0 Å². The molecule has 2 aliphatic heterocycles. The predicted molar refractivity (Wildman–Crippen MR) is 157 cm³/mol. The Balaban J connectivity index is 0.924. The Morgan fingerprint density at radius 3 is 2.13 bits per heavy atom. The van der Waals surface area contributed by atoms with E-state index in [-0.39, 0.29) is 23.7 Å². The van der Waals surface area contributed by atoms with Gasteiger partial charge >= 0.3 is 18.2 Å². The van der Waals surface area contributed by atoms with Gasteiger partial charge in [-0.25, -0.2) is 0 Å². The van der Waals surface area contributed by atoms with Crippen LogP contribution in [0.15, 0.2) is 79.0 Å². The molecule has 11 nitrogen and oxygen atoms in total. The zero-order chi connectivity index (χ0) is 31.4. The van der Waals surface area contributed by atoms with Gasteiger partial charge in [-0.05, 0) is 71.2 Å². The van der Waals surface area contributed by atoms with Crippen LogP contribution < -0.4 is 23.8 Å². The fourth-order valence-electron chi connectivity index (χ4n) is 5.21. The molecule has 3 aromatic carbocycles. The van der Waals surface area contributed by atoms with Gasteiger partial charge in [-0.2, -0.15) is 0 Å². The van der Waals surface area contributed by atoms with Gasteiger partial charge in [0, 0.05) is 56.4 Å². The molecule has 0 amide bonds. The summed E-state index contributed by atoms with van der Waals surface area (Å²) >= 11 is 0. The summed E-state index contributed by atoms with van der Waals surface area (Å²) in [6.07, 6.45) is -2.91. The smallest absolute Gasteiger partial charge is 0.490 e. The minimum absolute atomic E-state index is 0.223. The van der Waals surface area contributed by atoms with Crippen LogP contribution in [0, 0.1) is 10.1 Å². The second-order valence-corrected chi connectivity index (χ2v) is 10.7. The van der Waals surface area contributed by atoms with Gasteiger partial charge in [-0.3, -0.25) is 9.47 Å². The maximum Gasteiger partial charge on any atom is 0.573 e. The lowest BCUT2D eigenvalue weighted by Gasteiger charge is -2.36. The highest BCUT2D eigenvalue weighted by Crippen LogP contribution is 2.29. The van der Waals surface area contributed by atoms with Gasteiger partial charge in [-0.1, -0.05) is 12.1 Å². The zero-order valence-electron chi connectivity index (χ0n) is 24.1. The van der Waals surface area contributed by atoms with Crippen LogP contribution in [-0.4, -0.2) is 64.6 Å². The highest BCUT2D eigenvalue weighted by molar-refractivity contribution is 5.50. The van der Waals surface area contributed by atoms with E-state index in [0.29, 0.717) is 31.1 Å². The lowest BCUT2D eigenvalue weighted by atomic mass is 10.1. The van der Waals surface area contributed by atoms with Crippen molar-refractivity contribution in [1.82, 2.24) is 14.5 Å². The second-order valence-electron chi connectivity index (χ2n) is 10.7. The first-order valence-electron chi connectivity index (χ1n) is 14.4. The summed E-state index contributed by atoms with van der Waals surface area (Å²) in [6.45, 7) is 5.26. The Morgan fingerprint density at radius 1 is 0.867 bits per heavy atom. The van der Waals surface area contributed by atoms with E-state index in [9.17, 15) is 23.3 Å². The van der Waals surface area contributed by atoms with Crippen molar-refractivity contribution in [3.63, 3.8) is 0 Å². The molecule has 14 heteroatoms. The van der Waals surface area contributed by atoms with Gasteiger partial charge in [0.05, 0.1) is 0 Å². The molecule has 0 saturated carbocycles. The number of piperazine rings is 1. The minimum atomic E-state index is -4.73. The van der Waals surface area contributed by atoms with Crippen LogP contribution in [0.4, 0.5) is 24.7 Å². The standard InChI is InChI=1S/C31H30F3N5O6/c32-31(33,34)45-27-11-9-26(10-12-27)43-25-7-3-23(4-8-25)37-17-15-36(16-18-37)19-22-1-5-24(6-2-22)42-21-28-13-14-38-20-29(39(40)41)35-30(38)44-28/h1-12,20,28H,13-19,21H2. The molecule has 0 spiro atoms. The maximum atomic E-state index is 12.4. The van der Waals surface area contributed by atoms with E-state index < -0.39 is 11.3 Å². The number of benzene rings is 3. The Kier molecular flexibility index (Phi) is 8.65. The van der Waals surface area contributed by atoms with Crippen LogP contribution in [-0.2, 0) is 13.1 Å². The van der Waals surface area contributed by atoms with Crippen molar-refractivity contribution < 1.29 is 37.0 Å². The number of aryl methyl sites for hydroxylation is 1. The summed E-state index contributed by atoms with van der Waals surface area (Å²) in [7, 11) is 0.